The molecule has 0 fully saturated rings. The molecule has 19 heavy (non-hydrogen) atoms. The highest BCUT2D eigenvalue weighted by molar-refractivity contribution is 9.10. The molecule has 0 saturated carbocycles. The van der Waals surface area contributed by atoms with Gasteiger partial charge in [-0.05, 0) is 45.8 Å². The van der Waals surface area contributed by atoms with Gasteiger partial charge in [-0.1, -0.05) is 34.1 Å². The van der Waals surface area contributed by atoms with Gasteiger partial charge in [0.15, 0.2) is 0 Å². The Balaban J connectivity index is 2.22. The van der Waals surface area contributed by atoms with Crippen molar-refractivity contribution in [3.05, 3.63) is 62.5 Å². The number of para-hydroxylation sites is 1. The number of aromatic carboxylic acids is 1. The molecule has 0 amide bonds. The first-order valence-electron chi connectivity index (χ1n) is 5.47. The molecule has 3 nitrogen and oxygen atoms in total. The fourth-order valence-electron chi connectivity index (χ4n) is 1.61. The van der Waals surface area contributed by atoms with Crippen LogP contribution in [-0.2, 0) is 6.61 Å². The quantitative estimate of drug-likeness (QED) is 0.843. The molecule has 2 rings (SSSR count). The van der Waals surface area contributed by atoms with E-state index in [0.29, 0.717) is 16.8 Å². The summed E-state index contributed by atoms with van der Waals surface area (Å²) in [6.45, 7) is 0.308. The summed E-state index contributed by atoms with van der Waals surface area (Å²) in [6, 6.07) is 12.6. The van der Waals surface area contributed by atoms with Crippen molar-refractivity contribution in [2.24, 2.45) is 0 Å². The first kappa shape index (κ1) is 14.1. The summed E-state index contributed by atoms with van der Waals surface area (Å²) in [4.78, 5) is 11.1. The molecular formula is C14H10Br2O3. The Kier molecular flexibility index (Phi) is 4.61. The van der Waals surface area contributed by atoms with E-state index in [0.717, 1.165) is 10.0 Å². The Morgan fingerprint density at radius 2 is 1.89 bits per heavy atom. The lowest BCUT2D eigenvalue weighted by Crippen LogP contribution is -2.04. The predicted molar refractivity (Wildman–Crippen MR) is 79.6 cm³/mol. The van der Waals surface area contributed by atoms with Crippen molar-refractivity contribution in [3.63, 3.8) is 0 Å². The maximum absolute atomic E-state index is 11.1. The van der Waals surface area contributed by atoms with Gasteiger partial charge in [-0.2, -0.15) is 0 Å². The summed E-state index contributed by atoms with van der Waals surface area (Å²) in [6.07, 6.45) is 0. The highest BCUT2D eigenvalue weighted by Crippen LogP contribution is 2.30. The van der Waals surface area contributed by atoms with E-state index >= 15 is 0 Å². The van der Waals surface area contributed by atoms with E-state index in [4.69, 9.17) is 9.84 Å². The maximum Gasteiger partial charge on any atom is 0.339 e. The molecule has 0 radical (unpaired) electrons. The van der Waals surface area contributed by atoms with Crippen LogP contribution in [0.1, 0.15) is 15.9 Å². The smallest absolute Gasteiger partial charge is 0.339 e. The molecule has 0 saturated heterocycles. The first-order valence-corrected chi connectivity index (χ1v) is 7.05. The SMILES string of the molecule is O=C(O)c1cccc(Br)c1OCc1cccc(Br)c1. The number of ether oxygens (including phenoxy) is 1. The molecular weight excluding hydrogens is 376 g/mol. The largest absolute Gasteiger partial charge is 0.487 e. The Bertz CT molecular complexity index is 611. The fraction of sp³-hybridized carbons (Fsp3) is 0.0714. The lowest BCUT2D eigenvalue weighted by molar-refractivity contribution is 0.0691. The van der Waals surface area contributed by atoms with Gasteiger partial charge in [0, 0.05) is 4.47 Å². The second-order valence-electron chi connectivity index (χ2n) is 3.84. The zero-order valence-electron chi connectivity index (χ0n) is 9.77. The second-order valence-corrected chi connectivity index (χ2v) is 5.61. The molecule has 0 heterocycles. The third-order valence-electron chi connectivity index (χ3n) is 2.47. The van der Waals surface area contributed by atoms with Crippen molar-refractivity contribution in [2.45, 2.75) is 6.61 Å². The van der Waals surface area contributed by atoms with Crippen molar-refractivity contribution < 1.29 is 14.6 Å². The monoisotopic (exact) mass is 384 g/mol. The average molecular weight is 386 g/mol. The molecule has 0 bridgehead atoms. The minimum Gasteiger partial charge on any atom is -0.487 e. The summed E-state index contributed by atoms with van der Waals surface area (Å²) in [7, 11) is 0. The van der Waals surface area contributed by atoms with E-state index in [-0.39, 0.29) is 5.56 Å². The van der Waals surface area contributed by atoms with E-state index in [1.54, 1.807) is 12.1 Å². The number of carboxylic acids is 1. The molecule has 2 aromatic rings. The Morgan fingerprint density at radius 1 is 1.16 bits per heavy atom. The number of hydrogen-bond acceptors (Lipinski definition) is 2. The number of hydrogen-bond donors (Lipinski definition) is 1. The van der Waals surface area contributed by atoms with Gasteiger partial charge in [-0.3, -0.25) is 0 Å². The second kappa shape index (κ2) is 6.21. The number of halogens is 2. The lowest BCUT2D eigenvalue weighted by Gasteiger charge is -2.11. The lowest BCUT2D eigenvalue weighted by atomic mass is 10.2. The zero-order valence-corrected chi connectivity index (χ0v) is 12.9. The van der Waals surface area contributed by atoms with E-state index in [1.165, 1.54) is 6.07 Å². The fourth-order valence-corrected chi connectivity index (χ4v) is 2.53. The molecule has 2 aromatic carbocycles. The summed E-state index contributed by atoms with van der Waals surface area (Å²) >= 11 is 6.69. The normalized spacial score (nSPS) is 10.2. The van der Waals surface area contributed by atoms with Crippen LogP contribution < -0.4 is 4.74 Å². The number of carbonyl (C=O) groups is 1. The van der Waals surface area contributed by atoms with Crippen LogP contribution >= 0.6 is 31.9 Å². The van der Waals surface area contributed by atoms with Gasteiger partial charge in [0.2, 0.25) is 0 Å². The molecule has 0 aliphatic carbocycles. The molecule has 0 atom stereocenters. The summed E-state index contributed by atoms with van der Waals surface area (Å²) < 4.78 is 7.21. The van der Waals surface area contributed by atoms with E-state index in [2.05, 4.69) is 31.9 Å². The van der Waals surface area contributed by atoms with Crippen LogP contribution in [0.5, 0.6) is 5.75 Å². The Morgan fingerprint density at radius 3 is 2.58 bits per heavy atom. The molecule has 0 aliphatic heterocycles. The highest BCUT2D eigenvalue weighted by atomic mass is 79.9. The van der Waals surface area contributed by atoms with Gasteiger partial charge in [-0.15, -0.1) is 0 Å². The van der Waals surface area contributed by atoms with Gasteiger partial charge in [0.1, 0.15) is 17.9 Å². The van der Waals surface area contributed by atoms with Gasteiger partial charge in [0.05, 0.1) is 4.47 Å². The van der Waals surface area contributed by atoms with Crippen molar-refractivity contribution in [1.82, 2.24) is 0 Å². The minimum atomic E-state index is -1.01. The van der Waals surface area contributed by atoms with Crippen LogP contribution in [-0.4, -0.2) is 11.1 Å². The van der Waals surface area contributed by atoms with Gasteiger partial charge in [0.25, 0.3) is 0 Å². The summed E-state index contributed by atoms with van der Waals surface area (Å²) in [5, 5.41) is 9.12. The van der Waals surface area contributed by atoms with Gasteiger partial charge in [-0.25, -0.2) is 4.79 Å². The maximum atomic E-state index is 11.1. The molecule has 5 heteroatoms. The van der Waals surface area contributed by atoms with E-state index in [1.807, 2.05) is 24.3 Å². The highest BCUT2D eigenvalue weighted by Gasteiger charge is 2.14. The van der Waals surface area contributed by atoms with Crippen molar-refractivity contribution in [2.75, 3.05) is 0 Å². The van der Waals surface area contributed by atoms with Crippen LogP contribution in [0, 0.1) is 0 Å². The standard InChI is InChI=1S/C14H10Br2O3/c15-10-4-1-3-9(7-10)8-19-13-11(14(17)18)5-2-6-12(13)16/h1-7H,8H2,(H,17,18). The average Bonchev–Trinajstić information content (AvgIpc) is 2.37. The van der Waals surface area contributed by atoms with Crippen molar-refractivity contribution >= 4 is 37.8 Å². The Hall–Kier alpha value is -1.33. The molecule has 0 aromatic heterocycles. The topological polar surface area (TPSA) is 46.5 Å². The molecule has 0 aliphatic rings. The van der Waals surface area contributed by atoms with Crippen LogP contribution in [0.15, 0.2) is 51.4 Å². The van der Waals surface area contributed by atoms with Crippen LogP contribution in [0.25, 0.3) is 0 Å². The van der Waals surface area contributed by atoms with Crippen LogP contribution in [0.4, 0.5) is 0 Å². The molecule has 1 N–H and O–H groups in total. The third kappa shape index (κ3) is 3.58. The van der Waals surface area contributed by atoms with Crippen molar-refractivity contribution in [1.29, 1.82) is 0 Å². The molecule has 98 valence electrons. The van der Waals surface area contributed by atoms with Gasteiger partial charge >= 0.3 is 5.97 Å². The number of carboxylic acid groups (broad SMARTS) is 1. The Labute approximate surface area is 127 Å². The predicted octanol–water partition coefficient (Wildman–Crippen LogP) is 4.49. The van der Waals surface area contributed by atoms with Crippen LogP contribution in [0.2, 0.25) is 0 Å². The van der Waals surface area contributed by atoms with Gasteiger partial charge < -0.3 is 9.84 Å². The first-order chi connectivity index (χ1) is 9.08. The third-order valence-corrected chi connectivity index (χ3v) is 3.59. The molecule has 0 spiro atoms. The van der Waals surface area contributed by atoms with E-state index in [9.17, 15) is 4.79 Å². The summed E-state index contributed by atoms with van der Waals surface area (Å²) in [5.41, 5.74) is 1.10. The molecule has 0 unspecified atom stereocenters. The zero-order chi connectivity index (χ0) is 13.8. The number of rotatable bonds is 4. The van der Waals surface area contributed by atoms with Crippen molar-refractivity contribution in [3.8, 4) is 5.75 Å². The summed E-state index contributed by atoms with van der Waals surface area (Å²) in [5.74, 6) is -0.666. The number of benzene rings is 2. The van der Waals surface area contributed by atoms with Crippen LogP contribution in [0.3, 0.4) is 0 Å². The van der Waals surface area contributed by atoms with E-state index < -0.39 is 5.97 Å². The minimum absolute atomic E-state index is 0.143.